The quantitative estimate of drug-likeness (QED) is 0.535. The highest BCUT2D eigenvalue weighted by Gasteiger charge is 1.83. The first-order valence-electron chi connectivity index (χ1n) is 2.46. The van der Waals surface area contributed by atoms with E-state index < -0.39 is 0 Å². The summed E-state index contributed by atoms with van der Waals surface area (Å²) in [4.78, 5) is 10.4. The Morgan fingerprint density at radius 3 is 3.00 bits per heavy atom. The van der Waals surface area contributed by atoms with Gasteiger partial charge in [-0.05, 0) is 0 Å². The smallest absolute Gasteiger partial charge is 0.200 e. The number of aliphatic hydroxyl groups is 1. The van der Waals surface area contributed by atoms with Crippen LogP contribution in [0.15, 0.2) is 23.3 Å². The molecule has 0 unspecified atom stereocenters. The molecule has 4 heteroatoms. The van der Waals surface area contributed by atoms with E-state index in [4.69, 9.17) is 5.11 Å². The summed E-state index contributed by atoms with van der Waals surface area (Å²) in [7, 11) is 0. The third-order valence-electron chi connectivity index (χ3n) is 0.889. The number of hydrogen-bond donors (Lipinski definition) is 1. The van der Waals surface area contributed by atoms with Crippen molar-refractivity contribution in [2.24, 2.45) is 0 Å². The topological polar surface area (TPSA) is 55.1 Å². The molecule has 0 aliphatic heterocycles. The van der Waals surface area contributed by atoms with Crippen LogP contribution in [0.3, 0.4) is 0 Å². The molecule has 0 amide bonds. The highest BCUT2D eigenvalue weighted by Crippen LogP contribution is 1.72. The molecule has 0 saturated heterocycles. The summed E-state index contributed by atoms with van der Waals surface area (Å²) in [6.45, 7) is -0.194. The van der Waals surface area contributed by atoms with Gasteiger partial charge in [-0.2, -0.15) is 5.10 Å². The zero-order chi connectivity index (χ0) is 6.69. The second-order valence-electron chi connectivity index (χ2n) is 1.54. The Bertz CT molecular complexity index is 222. The highest BCUT2D eigenvalue weighted by atomic mass is 16.3. The van der Waals surface area contributed by atoms with Gasteiger partial charge in [0, 0.05) is 12.3 Å². The number of hydrogen-bond acceptors (Lipinski definition) is 3. The van der Waals surface area contributed by atoms with Crippen LogP contribution in [0, 0.1) is 0 Å². The number of aromatic nitrogens is 2. The molecule has 0 aliphatic carbocycles. The van der Waals surface area contributed by atoms with Gasteiger partial charge in [0.05, 0.1) is 6.20 Å². The Kier molecular flexibility index (Phi) is 1.60. The molecule has 0 radical (unpaired) electrons. The predicted octanol–water partition coefficient (Wildman–Crippen LogP) is -0.807. The number of nitrogens with zero attached hydrogens (tertiary/aromatic N) is 2. The first-order valence-corrected chi connectivity index (χ1v) is 2.46. The molecule has 1 aromatic rings. The predicted molar refractivity (Wildman–Crippen MR) is 30.7 cm³/mol. The fourth-order valence-electron chi connectivity index (χ4n) is 0.456. The van der Waals surface area contributed by atoms with E-state index >= 15 is 0 Å². The molecule has 0 saturated carbocycles. The molecule has 9 heavy (non-hydrogen) atoms. The minimum Gasteiger partial charge on any atom is -0.374 e. The van der Waals surface area contributed by atoms with E-state index in [9.17, 15) is 4.79 Å². The lowest BCUT2D eigenvalue weighted by molar-refractivity contribution is 0.193. The first kappa shape index (κ1) is 5.97. The lowest BCUT2D eigenvalue weighted by Crippen LogP contribution is -2.07. The largest absolute Gasteiger partial charge is 0.374 e. The fraction of sp³-hybridized carbons (Fsp3) is 0.200. The average Bonchev–Trinajstić information content (AvgIpc) is 1.90. The molecule has 1 rings (SSSR count). The summed E-state index contributed by atoms with van der Waals surface area (Å²) in [5.74, 6) is 0. The molecule has 4 nitrogen and oxygen atoms in total. The molecule has 1 aromatic heterocycles. The standard InChI is InChI=1S/C5H6N2O2/c8-4-7-2-1-5(9)3-6-7/h1-3,8H,4H2. The van der Waals surface area contributed by atoms with Gasteiger partial charge in [0.15, 0.2) is 5.43 Å². The summed E-state index contributed by atoms with van der Waals surface area (Å²) >= 11 is 0. The van der Waals surface area contributed by atoms with Gasteiger partial charge in [0.1, 0.15) is 6.73 Å². The van der Waals surface area contributed by atoms with Gasteiger partial charge in [-0.25, -0.2) is 4.68 Å². The van der Waals surface area contributed by atoms with Crippen LogP contribution in [0.2, 0.25) is 0 Å². The number of aliphatic hydroxyl groups excluding tert-OH is 1. The second kappa shape index (κ2) is 2.41. The molecule has 0 atom stereocenters. The van der Waals surface area contributed by atoms with Crippen molar-refractivity contribution in [2.45, 2.75) is 6.73 Å². The van der Waals surface area contributed by atoms with Crippen molar-refractivity contribution in [3.05, 3.63) is 28.7 Å². The minimum atomic E-state index is -0.194. The lowest BCUT2D eigenvalue weighted by atomic mass is 10.6. The van der Waals surface area contributed by atoms with Crippen LogP contribution >= 0.6 is 0 Å². The molecule has 1 heterocycles. The maximum Gasteiger partial charge on any atom is 0.200 e. The van der Waals surface area contributed by atoms with Gasteiger partial charge < -0.3 is 5.11 Å². The average molecular weight is 126 g/mol. The van der Waals surface area contributed by atoms with Crippen molar-refractivity contribution in [3.63, 3.8) is 0 Å². The van der Waals surface area contributed by atoms with Gasteiger partial charge in [-0.15, -0.1) is 0 Å². The highest BCUT2D eigenvalue weighted by molar-refractivity contribution is 4.84. The van der Waals surface area contributed by atoms with Gasteiger partial charge in [0.2, 0.25) is 0 Å². The van der Waals surface area contributed by atoms with Gasteiger partial charge in [-0.3, -0.25) is 4.79 Å². The molecule has 0 bridgehead atoms. The summed E-state index contributed by atoms with van der Waals surface area (Å²) in [5, 5.41) is 12.0. The van der Waals surface area contributed by atoms with Crippen LogP contribution in [0.1, 0.15) is 0 Å². The zero-order valence-corrected chi connectivity index (χ0v) is 4.69. The van der Waals surface area contributed by atoms with E-state index in [-0.39, 0.29) is 12.2 Å². The normalized spacial score (nSPS) is 9.44. The van der Waals surface area contributed by atoms with E-state index in [0.29, 0.717) is 0 Å². The lowest BCUT2D eigenvalue weighted by Gasteiger charge is -1.94. The molecule has 1 N–H and O–H groups in total. The first-order chi connectivity index (χ1) is 4.33. The van der Waals surface area contributed by atoms with Crippen LogP contribution in [0.25, 0.3) is 0 Å². The van der Waals surface area contributed by atoms with Crippen molar-refractivity contribution < 1.29 is 5.11 Å². The third-order valence-corrected chi connectivity index (χ3v) is 0.889. The monoisotopic (exact) mass is 126 g/mol. The molecule has 0 aliphatic rings. The molecule has 0 spiro atoms. The van der Waals surface area contributed by atoms with Crippen molar-refractivity contribution in [3.8, 4) is 0 Å². The molecule has 0 aromatic carbocycles. The van der Waals surface area contributed by atoms with Crippen LogP contribution in [-0.2, 0) is 6.73 Å². The molecule has 48 valence electrons. The fourth-order valence-corrected chi connectivity index (χ4v) is 0.456. The Balaban J connectivity index is 3.02. The summed E-state index contributed by atoms with van der Waals surface area (Å²) < 4.78 is 1.25. The van der Waals surface area contributed by atoms with Crippen molar-refractivity contribution in [1.82, 2.24) is 9.78 Å². The molecular weight excluding hydrogens is 120 g/mol. The van der Waals surface area contributed by atoms with E-state index in [1.54, 1.807) is 0 Å². The molecular formula is C5H6N2O2. The SMILES string of the molecule is O=c1ccn(CO)nc1. The third kappa shape index (κ3) is 1.36. The van der Waals surface area contributed by atoms with Crippen molar-refractivity contribution >= 4 is 0 Å². The number of rotatable bonds is 1. The minimum absolute atomic E-state index is 0.153. The van der Waals surface area contributed by atoms with Gasteiger partial charge >= 0.3 is 0 Å². The summed E-state index contributed by atoms with van der Waals surface area (Å²) in [6.07, 6.45) is 2.57. The van der Waals surface area contributed by atoms with E-state index in [1.165, 1.54) is 16.9 Å². The van der Waals surface area contributed by atoms with Crippen LogP contribution < -0.4 is 5.43 Å². The van der Waals surface area contributed by atoms with E-state index in [1.807, 2.05) is 0 Å². The summed E-state index contributed by atoms with van der Waals surface area (Å²) in [5.41, 5.74) is -0.153. The van der Waals surface area contributed by atoms with Crippen molar-refractivity contribution in [2.75, 3.05) is 0 Å². The Hall–Kier alpha value is -1.16. The Labute approximate surface area is 51.4 Å². The maximum absolute atomic E-state index is 10.4. The van der Waals surface area contributed by atoms with Crippen LogP contribution in [-0.4, -0.2) is 14.9 Å². The molecule has 0 fully saturated rings. The van der Waals surface area contributed by atoms with Crippen molar-refractivity contribution in [1.29, 1.82) is 0 Å². The van der Waals surface area contributed by atoms with E-state index in [0.717, 1.165) is 6.20 Å². The Morgan fingerprint density at radius 2 is 2.56 bits per heavy atom. The van der Waals surface area contributed by atoms with Gasteiger partial charge in [-0.1, -0.05) is 0 Å². The van der Waals surface area contributed by atoms with Crippen LogP contribution in [0.5, 0.6) is 0 Å². The zero-order valence-electron chi connectivity index (χ0n) is 4.69. The second-order valence-corrected chi connectivity index (χ2v) is 1.54. The summed E-state index contributed by atoms with van der Waals surface area (Å²) in [6, 6.07) is 1.34. The van der Waals surface area contributed by atoms with E-state index in [2.05, 4.69) is 5.10 Å². The van der Waals surface area contributed by atoms with Crippen LogP contribution in [0.4, 0.5) is 0 Å². The van der Waals surface area contributed by atoms with Gasteiger partial charge in [0.25, 0.3) is 0 Å². The Morgan fingerprint density at radius 1 is 1.78 bits per heavy atom. The maximum atomic E-state index is 10.4.